The highest BCUT2D eigenvalue weighted by Gasteiger charge is 2.23. The van der Waals surface area contributed by atoms with Gasteiger partial charge in [0, 0.05) is 37.3 Å². The van der Waals surface area contributed by atoms with Crippen molar-refractivity contribution in [1.29, 1.82) is 0 Å². The highest BCUT2D eigenvalue weighted by atomic mass is 16.5. The van der Waals surface area contributed by atoms with E-state index in [0.717, 1.165) is 33.4 Å². The zero-order valence-corrected chi connectivity index (χ0v) is 19.3. The van der Waals surface area contributed by atoms with Gasteiger partial charge in [0.05, 0.1) is 19.9 Å². The van der Waals surface area contributed by atoms with Crippen molar-refractivity contribution >= 4 is 22.5 Å². The Kier molecular flexibility index (Phi) is 5.99. The van der Waals surface area contributed by atoms with Crippen molar-refractivity contribution in [2.75, 3.05) is 45.3 Å². The molecule has 7 nitrogen and oxygen atoms in total. The normalized spacial score (nSPS) is 13.7. The molecule has 1 saturated heterocycles. The van der Waals surface area contributed by atoms with Crippen LogP contribution in [0.15, 0.2) is 72.8 Å². The summed E-state index contributed by atoms with van der Waals surface area (Å²) in [6.07, 6.45) is 0. The maximum Gasteiger partial charge on any atom is 0.253 e. The molecule has 1 aliphatic rings. The SMILES string of the molecule is COc1ccc(-c2ccc(N3CCN(C(=O)c4ccc5ccccc5c4)CC3)nn2)cc1OC. The molecule has 34 heavy (non-hydrogen) atoms. The van der Waals surface area contributed by atoms with Gasteiger partial charge < -0.3 is 19.3 Å². The highest BCUT2D eigenvalue weighted by molar-refractivity contribution is 5.98. The number of nitrogens with zero attached hydrogens (tertiary/aromatic N) is 4. The molecule has 5 rings (SSSR count). The average molecular weight is 455 g/mol. The van der Waals surface area contributed by atoms with Crippen LogP contribution in [0.3, 0.4) is 0 Å². The maximum atomic E-state index is 13.0. The van der Waals surface area contributed by atoms with E-state index in [0.29, 0.717) is 37.7 Å². The van der Waals surface area contributed by atoms with Crippen molar-refractivity contribution < 1.29 is 14.3 Å². The summed E-state index contributed by atoms with van der Waals surface area (Å²) in [6.45, 7) is 2.71. The number of methoxy groups -OCH3 is 2. The predicted molar refractivity (Wildman–Crippen MR) is 133 cm³/mol. The molecule has 0 N–H and O–H groups in total. The number of fused-ring (bicyclic) bond motifs is 1. The number of piperazine rings is 1. The van der Waals surface area contributed by atoms with Crippen LogP contribution in [0.4, 0.5) is 5.82 Å². The summed E-state index contributed by atoms with van der Waals surface area (Å²) >= 11 is 0. The average Bonchev–Trinajstić information content (AvgIpc) is 2.92. The monoisotopic (exact) mass is 454 g/mol. The molecule has 4 aromatic rings. The molecule has 0 spiro atoms. The molecule has 2 heterocycles. The second-order valence-corrected chi connectivity index (χ2v) is 8.19. The summed E-state index contributed by atoms with van der Waals surface area (Å²) in [6, 6.07) is 23.6. The van der Waals surface area contributed by atoms with Crippen LogP contribution in [-0.4, -0.2) is 61.4 Å². The lowest BCUT2D eigenvalue weighted by atomic mass is 10.1. The fraction of sp³-hybridized carbons (Fsp3) is 0.222. The zero-order valence-electron chi connectivity index (χ0n) is 19.3. The molecular weight excluding hydrogens is 428 g/mol. The van der Waals surface area contributed by atoms with Gasteiger partial charge in [-0.15, -0.1) is 10.2 Å². The van der Waals surface area contributed by atoms with Gasteiger partial charge in [-0.25, -0.2) is 0 Å². The summed E-state index contributed by atoms with van der Waals surface area (Å²) in [5, 5.41) is 11.1. The van der Waals surface area contributed by atoms with E-state index in [1.165, 1.54) is 0 Å². The van der Waals surface area contributed by atoms with Crippen LogP contribution in [0, 0.1) is 0 Å². The van der Waals surface area contributed by atoms with Crippen molar-refractivity contribution in [3.8, 4) is 22.8 Å². The van der Waals surface area contributed by atoms with E-state index in [4.69, 9.17) is 9.47 Å². The Morgan fingerprint density at radius 2 is 1.53 bits per heavy atom. The topological polar surface area (TPSA) is 67.8 Å². The molecule has 0 atom stereocenters. The first-order valence-electron chi connectivity index (χ1n) is 11.3. The minimum absolute atomic E-state index is 0.0697. The summed E-state index contributed by atoms with van der Waals surface area (Å²) in [4.78, 5) is 17.1. The number of rotatable bonds is 5. The number of anilines is 1. The smallest absolute Gasteiger partial charge is 0.253 e. The zero-order chi connectivity index (χ0) is 23.5. The molecule has 0 bridgehead atoms. The Labute approximate surface area is 198 Å². The van der Waals surface area contributed by atoms with Crippen LogP contribution in [0.25, 0.3) is 22.0 Å². The highest BCUT2D eigenvalue weighted by Crippen LogP contribution is 2.31. The Morgan fingerprint density at radius 3 is 2.24 bits per heavy atom. The summed E-state index contributed by atoms with van der Waals surface area (Å²) < 4.78 is 10.7. The minimum atomic E-state index is 0.0697. The number of benzene rings is 3. The number of aromatic nitrogens is 2. The molecule has 0 saturated carbocycles. The molecule has 172 valence electrons. The van der Waals surface area contributed by atoms with Crippen molar-refractivity contribution in [3.05, 3.63) is 78.4 Å². The predicted octanol–water partition coefficient (Wildman–Crippen LogP) is 4.28. The number of hydrogen-bond acceptors (Lipinski definition) is 6. The summed E-state index contributed by atoms with van der Waals surface area (Å²) in [5.41, 5.74) is 2.39. The van der Waals surface area contributed by atoms with Crippen molar-refractivity contribution in [2.45, 2.75) is 0 Å². The van der Waals surface area contributed by atoms with Crippen LogP contribution in [0.5, 0.6) is 11.5 Å². The molecule has 1 amide bonds. The lowest BCUT2D eigenvalue weighted by molar-refractivity contribution is 0.0746. The van der Waals surface area contributed by atoms with E-state index in [-0.39, 0.29) is 5.91 Å². The fourth-order valence-electron chi connectivity index (χ4n) is 4.29. The van der Waals surface area contributed by atoms with E-state index >= 15 is 0 Å². The van der Waals surface area contributed by atoms with E-state index in [1.807, 2.05) is 71.6 Å². The first-order chi connectivity index (χ1) is 16.7. The molecular formula is C27H26N4O3. The van der Waals surface area contributed by atoms with Gasteiger partial charge in [-0.3, -0.25) is 4.79 Å². The number of amides is 1. The molecule has 1 aromatic heterocycles. The Hall–Kier alpha value is -4.13. The summed E-state index contributed by atoms with van der Waals surface area (Å²) in [7, 11) is 3.22. The molecule has 0 aliphatic carbocycles. The molecule has 3 aromatic carbocycles. The van der Waals surface area contributed by atoms with Gasteiger partial charge in [0.1, 0.15) is 0 Å². The molecule has 0 unspecified atom stereocenters. The van der Waals surface area contributed by atoms with Crippen molar-refractivity contribution in [3.63, 3.8) is 0 Å². The van der Waals surface area contributed by atoms with Gasteiger partial charge in [0.2, 0.25) is 0 Å². The Balaban J connectivity index is 1.24. The number of carbonyl (C=O) groups is 1. The number of carbonyl (C=O) groups excluding carboxylic acids is 1. The third-order valence-corrected chi connectivity index (χ3v) is 6.22. The van der Waals surface area contributed by atoms with Gasteiger partial charge in [0.15, 0.2) is 17.3 Å². The first kappa shape index (κ1) is 21.7. The van der Waals surface area contributed by atoms with E-state index in [2.05, 4.69) is 21.2 Å². The van der Waals surface area contributed by atoms with E-state index < -0.39 is 0 Å². The van der Waals surface area contributed by atoms with Gasteiger partial charge in [-0.05, 0) is 53.2 Å². The third kappa shape index (κ3) is 4.24. The van der Waals surface area contributed by atoms with E-state index in [1.54, 1.807) is 14.2 Å². The van der Waals surface area contributed by atoms with Crippen molar-refractivity contribution in [1.82, 2.24) is 15.1 Å². The third-order valence-electron chi connectivity index (χ3n) is 6.22. The summed E-state index contributed by atoms with van der Waals surface area (Å²) in [5.74, 6) is 2.20. The Bertz CT molecular complexity index is 1320. The number of hydrogen-bond donors (Lipinski definition) is 0. The van der Waals surface area contributed by atoms with Crippen molar-refractivity contribution in [2.24, 2.45) is 0 Å². The maximum absolute atomic E-state index is 13.0. The van der Waals surface area contributed by atoms with Crippen LogP contribution in [0.2, 0.25) is 0 Å². The largest absolute Gasteiger partial charge is 0.493 e. The molecule has 0 radical (unpaired) electrons. The van der Waals surface area contributed by atoms with Crippen LogP contribution in [0.1, 0.15) is 10.4 Å². The Morgan fingerprint density at radius 1 is 0.765 bits per heavy atom. The van der Waals surface area contributed by atoms with Gasteiger partial charge in [-0.2, -0.15) is 0 Å². The lowest BCUT2D eigenvalue weighted by Crippen LogP contribution is -2.49. The lowest BCUT2D eigenvalue weighted by Gasteiger charge is -2.35. The van der Waals surface area contributed by atoms with Crippen LogP contribution >= 0.6 is 0 Å². The molecule has 1 fully saturated rings. The van der Waals surface area contributed by atoms with Crippen LogP contribution < -0.4 is 14.4 Å². The van der Waals surface area contributed by atoms with Crippen LogP contribution in [-0.2, 0) is 0 Å². The fourth-order valence-corrected chi connectivity index (χ4v) is 4.29. The standard InChI is InChI=1S/C27H26N4O3/c1-33-24-11-9-21(18-25(24)34-2)23-10-12-26(29-28-23)30-13-15-31(16-14-30)27(32)22-8-7-19-5-3-4-6-20(19)17-22/h3-12,17-18H,13-16H2,1-2H3. The number of ether oxygens (including phenoxy) is 2. The molecule has 1 aliphatic heterocycles. The second kappa shape index (κ2) is 9.39. The molecule has 7 heteroatoms. The minimum Gasteiger partial charge on any atom is -0.493 e. The quantitative estimate of drug-likeness (QED) is 0.449. The van der Waals surface area contributed by atoms with E-state index in [9.17, 15) is 4.79 Å². The second-order valence-electron chi connectivity index (χ2n) is 8.19. The van der Waals surface area contributed by atoms with Gasteiger partial charge >= 0.3 is 0 Å². The first-order valence-corrected chi connectivity index (χ1v) is 11.3. The van der Waals surface area contributed by atoms with Gasteiger partial charge in [-0.1, -0.05) is 30.3 Å². The van der Waals surface area contributed by atoms with Gasteiger partial charge in [0.25, 0.3) is 5.91 Å².